The van der Waals surface area contributed by atoms with Crippen molar-refractivity contribution in [1.29, 1.82) is 0 Å². The number of nitrogens with one attached hydrogen (secondary N) is 1. The van der Waals surface area contributed by atoms with Gasteiger partial charge in [0.05, 0.1) is 10.4 Å². The summed E-state index contributed by atoms with van der Waals surface area (Å²) in [5.74, 6) is 1.46. The van der Waals surface area contributed by atoms with Crippen LogP contribution < -0.4 is 10.6 Å². The number of nitrogens with two attached hydrogens (primary N) is 1. The van der Waals surface area contributed by atoms with Gasteiger partial charge in [-0.15, -0.1) is 0 Å². The van der Waals surface area contributed by atoms with Gasteiger partial charge in [0.15, 0.2) is 10.8 Å². The minimum atomic E-state index is 0.570. The highest BCUT2D eigenvalue weighted by Crippen LogP contribution is 2.37. The van der Waals surface area contributed by atoms with E-state index in [0.29, 0.717) is 21.7 Å². The number of aryl methyl sites for hydroxylation is 1. The molecule has 1 fully saturated rings. The van der Waals surface area contributed by atoms with Crippen LogP contribution in [0.4, 0.5) is 5.82 Å². The van der Waals surface area contributed by atoms with Crippen LogP contribution in [0.2, 0.25) is 5.02 Å². The number of hydrogen-bond donors (Lipinski definition) is 2. The van der Waals surface area contributed by atoms with Crippen molar-refractivity contribution in [3.05, 3.63) is 35.4 Å². The molecule has 0 spiro atoms. The quantitative estimate of drug-likeness (QED) is 0.438. The van der Waals surface area contributed by atoms with Crippen LogP contribution in [0.3, 0.4) is 0 Å². The predicted octanol–water partition coefficient (Wildman–Crippen LogP) is 3.84. The normalized spacial score (nSPS) is 15.3. The molecule has 1 aliphatic rings. The number of halogens is 1. The van der Waals surface area contributed by atoms with Crippen LogP contribution >= 0.6 is 23.4 Å². The van der Waals surface area contributed by atoms with E-state index in [1.54, 1.807) is 18.6 Å². The van der Waals surface area contributed by atoms with Gasteiger partial charge in [-0.1, -0.05) is 18.5 Å². The molecule has 10 heteroatoms. The average Bonchev–Trinajstić information content (AvgIpc) is 3.14. The molecule has 3 N–H and O–H groups in total. The van der Waals surface area contributed by atoms with E-state index < -0.39 is 0 Å². The summed E-state index contributed by atoms with van der Waals surface area (Å²) in [7, 11) is 0. The van der Waals surface area contributed by atoms with E-state index in [1.807, 2.05) is 6.07 Å². The summed E-state index contributed by atoms with van der Waals surface area (Å²) in [5, 5.41) is 2.26. The zero-order chi connectivity index (χ0) is 21.4. The first-order chi connectivity index (χ1) is 15.2. The Morgan fingerprint density at radius 1 is 1.19 bits per heavy atom. The maximum Gasteiger partial charge on any atom is 0.196 e. The Bertz CT molecular complexity index is 1230. The summed E-state index contributed by atoms with van der Waals surface area (Å²) in [4.78, 5) is 29.3. The van der Waals surface area contributed by atoms with E-state index in [9.17, 15) is 0 Å². The van der Waals surface area contributed by atoms with Gasteiger partial charge in [-0.3, -0.25) is 4.98 Å². The Labute approximate surface area is 189 Å². The summed E-state index contributed by atoms with van der Waals surface area (Å²) >= 11 is 8.19. The van der Waals surface area contributed by atoms with Crippen LogP contribution in [-0.2, 0) is 6.42 Å². The van der Waals surface area contributed by atoms with Crippen molar-refractivity contribution in [1.82, 2.24) is 29.9 Å². The molecule has 8 nitrogen and oxygen atoms in total. The molecule has 5 heterocycles. The minimum absolute atomic E-state index is 0.570. The number of aromatic nitrogens is 6. The number of piperidine rings is 1. The molecule has 0 aliphatic carbocycles. The Kier molecular flexibility index (Phi) is 5.64. The van der Waals surface area contributed by atoms with Crippen LogP contribution in [0.25, 0.3) is 22.2 Å². The molecule has 0 atom stereocenters. The number of H-pyrrole nitrogens is 1. The highest BCUT2D eigenvalue weighted by Gasteiger charge is 2.25. The summed E-state index contributed by atoms with van der Waals surface area (Å²) in [6, 6.07) is 1.96. The van der Waals surface area contributed by atoms with Crippen LogP contribution in [0.1, 0.15) is 25.5 Å². The second-order valence-corrected chi connectivity index (χ2v) is 9.08. The number of rotatable bonds is 5. The highest BCUT2D eigenvalue weighted by molar-refractivity contribution is 7.99. The Hall–Kier alpha value is -2.49. The fraction of sp³-hybridized carbons (Fsp3) is 0.381. The molecule has 5 rings (SSSR count). The van der Waals surface area contributed by atoms with E-state index in [4.69, 9.17) is 27.3 Å². The molecular formula is C21H23ClN8S. The van der Waals surface area contributed by atoms with E-state index in [2.05, 4.69) is 31.8 Å². The number of anilines is 1. The van der Waals surface area contributed by atoms with Gasteiger partial charge in [0.25, 0.3) is 0 Å². The summed E-state index contributed by atoms with van der Waals surface area (Å²) in [6.07, 6.45) is 8.00. The molecule has 0 amide bonds. The van der Waals surface area contributed by atoms with Crippen molar-refractivity contribution < 1.29 is 0 Å². The maximum atomic E-state index is 6.73. The second-order valence-electron chi connectivity index (χ2n) is 7.66. The second kappa shape index (κ2) is 8.57. The number of hydrogen-bond acceptors (Lipinski definition) is 8. The van der Waals surface area contributed by atoms with Crippen LogP contribution in [-0.4, -0.2) is 49.5 Å². The van der Waals surface area contributed by atoms with E-state index in [1.165, 1.54) is 11.8 Å². The largest absolute Gasteiger partial charge is 0.356 e. The number of pyridine rings is 1. The molecule has 1 saturated heterocycles. The number of fused-ring (bicyclic) bond motifs is 2. The fourth-order valence-electron chi connectivity index (χ4n) is 3.97. The van der Waals surface area contributed by atoms with Crippen molar-refractivity contribution in [3.63, 3.8) is 0 Å². The molecule has 0 bridgehead atoms. The summed E-state index contributed by atoms with van der Waals surface area (Å²) < 4.78 is 0. The zero-order valence-electron chi connectivity index (χ0n) is 17.2. The first kappa shape index (κ1) is 20.4. The average molecular weight is 455 g/mol. The topological polar surface area (TPSA) is 109 Å². The van der Waals surface area contributed by atoms with Crippen LogP contribution in [0.15, 0.2) is 34.7 Å². The highest BCUT2D eigenvalue weighted by atomic mass is 35.5. The molecule has 31 heavy (non-hydrogen) atoms. The van der Waals surface area contributed by atoms with E-state index in [-0.39, 0.29) is 0 Å². The monoisotopic (exact) mass is 454 g/mol. The third-order valence-corrected chi connectivity index (χ3v) is 6.97. The molecule has 1 aliphatic heterocycles. The minimum Gasteiger partial charge on any atom is -0.356 e. The van der Waals surface area contributed by atoms with Gasteiger partial charge in [0, 0.05) is 42.3 Å². The van der Waals surface area contributed by atoms with Gasteiger partial charge in [0.1, 0.15) is 17.0 Å². The molecule has 0 unspecified atom stereocenters. The summed E-state index contributed by atoms with van der Waals surface area (Å²) in [6.45, 7) is 4.63. The first-order valence-electron chi connectivity index (χ1n) is 10.4. The van der Waals surface area contributed by atoms with Crippen molar-refractivity contribution in [3.8, 4) is 0 Å². The van der Waals surface area contributed by atoms with Gasteiger partial charge in [0.2, 0.25) is 0 Å². The lowest BCUT2D eigenvalue weighted by Gasteiger charge is -2.32. The predicted molar refractivity (Wildman–Crippen MR) is 124 cm³/mol. The standard InChI is InChI=1S/C21H23ClN8S/c1-2-14-17(22)16-19(27-14)28-21(29-20(16)30-7-3-12(10-23)4-8-30)31-13-9-15-18(26-11-13)25-6-5-24-15/h5-6,9,11-12H,2-4,7-8,10,23H2,1H3,(H,27,28,29). The van der Waals surface area contributed by atoms with Gasteiger partial charge >= 0.3 is 0 Å². The van der Waals surface area contributed by atoms with E-state index in [0.717, 1.165) is 71.9 Å². The third kappa shape index (κ3) is 3.93. The lowest BCUT2D eigenvalue weighted by molar-refractivity contribution is 0.413. The lowest BCUT2D eigenvalue weighted by Crippen LogP contribution is -2.36. The van der Waals surface area contributed by atoms with Crippen LogP contribution in [0.5, 0.6) is 0 Å². The molecule has 160 valence electrons. The molecular weight excluding hydrogens is 432 g/mol. The van der Waals surface area contributed by atoms with E-state index >= 15 is 0 Å². The smallest absolute Gasteiger partial charge is 0.196 e. The fourth-order valence-corrected chi connectivity index (χ4v) is 5.08. The molecule has 4 aromatic rings. The van der Waals surface area contributed by atoms with Crippen molar-refractivity contribution in [2.75, 3.05) is 24.5 Å². The SMILES string of the molecule is CCc1[nH]c2nc(Sc3cnc4nccnc4c3)nc(N3CCC(CN)CC3)c2c1Cl. The van der Waals surface area contributed by atoms with Crippen LogP contribution in [0, 0.1) is 5.92 Å². The summed E-state index contributed by atoms with van der Waals surface area (Å²) in [5.41, 5.74) is 9.00. The van der Waals surface area contributed by atoms with Gasteiger partial charge in [-0.05, 0) is 49.6 Å². The van der Waals surface area contributed by atoms with Crippen molar-refractivity contribution in [2.45, 2.75) is 36.2 Å². The zero-order valence-corrected chi connectivity index (χ0v) is 18.7. The van der Waals surface area contributed by atoms with Gasteiger partial charge in [-0.25, -0.2) is 19.9 Å². The Morgan fingerprint density at radius 3 is 2.77 bits per heavy atom. The number of nitrogens with zero attached hydrogens (tertiary/aromatic N) is 6. The van der Waals surface area contributed by atoms with Crippen molar-refractivity contribution in [2.24, 2.45) is 11.7 Å². The molecule has 4 aromatic heterocycles. The Balaban J connectivity index is 1.55. The number of aromatic amines is 1. The lowest BCUT2D eigenvalue weighted by atomic mass is 9.97. The third-order valence-electron chi connectivity index (χ3n) is 5.73. The van der Waals surface area contributed by atoms with Gasteiger partial charge < -0.3 is 15.6 Å². The molecule has 0 aromatic carbocycles. The Morgan fingerprint density at radius 2 is 2.00 bits per heavy atom. The maximum absolute atomic E-state index is 6.73. The van der Waals surface area contributed by atoms with Gasteiger partial charge in [-0.2, -0.15) is 0 Å². The molecule has 0 saturated carbocycles. The molecule has 0 radical (unpaired) electrons. The van der Waals surface area contributed by atoms with Crippen molar-refractivity contribution >= 4 is 51.4 Å². The first-order valence-corrected chi connectivity index (χ1v) is 11.6.